The molecule has 0 bridgehead atoms. The van der Waals surface area contributed by atoms with Crippen molar-refractivity contribution in [1.29, 1.82) is 0 Å². The van der Waals surface area contributed by atoms with E-state index in [0.717, 1.165) is 23.6 Å². The number of nitrogens with one attached hydrogen (secondary N) is 1. The third-order valence-corrected chi connectivity index (χ3v) is 3.82. The van der Waals surface area contributed by atoms with Crippen LogP contribution >= 0.6 is 11.6 Å². The number of nitrogens with two attached hydrogens (primary N) is 1. The number of hydrogen-bond acceptors (Lipinski definition) is 3. The summed E-state index contributed by atoms with van der Waals surface area (Å²) in [4.78, 5) is 0. The van der Waals surface area contributed by atoms with E-state index >= 15 is 0 Å². The fourth-order valence-electron chi connectivity index (χ4n) is 2.84. The Morgan fingerprint density at radius 2 is 1.94 bits per heavy atom. The topological polar surface area (TPSA) is 47.3 Å². The summed E-state index contributed by atoms with van der Waals surface area (Å²) in [6, 6.07) is 7.79. The molecule has 2 unspecified atom stereocenters. The van der Waals surface area contributed by atoms with Crippen molar-refractivity contribution < 1.29 is 4.74 Å². The van der Waals surface area contributed by atoms with Gasteiger partial charge in [0, 0.05) is 6.54 Å². The first-order valence-electron chi connectivity index (χ1n) is 6.43. The molecule has 4 heteroatoms. The van der Waals surface area contributed by atoms with E-state index in [0.29, 0.717) is 6.54 Å². The fraction of sp³-hybridized carbons (Fsp3) is 0.571. The lowest BCUT2D eigenvalue weighted by Crippen LogP contribution is -2.53. The van der Waals surface area contributed by atoms with Gasteiger partial charge in [0.25, 0.3) is 0 Å². The Bertz CT molecular complexity index is 401. The summed E-state index contributed by atoms with van der Waals surface area (Å²) in [5.74, 6) is 0. The molecule has 1 aromatic carbocycles. The van der Waals surface area contributed by atoms with E-state index in [1.54, 1.807) is 0 Å². The Kier molecular flexibility index (Phi) is 4.15. The van der Waals surface area contributed by atoms with Crippen molar-refractivity contribution in [1.82, 2.24) is 0 Å². The first-order chi connectivity index (χ1) is 8.54. The lowest BCUT2D eigenvalue weighted by Gasteiger charge is -2.43. The Morgan fingerprint density at radius 1 is 1.33 bits per heavy atom. The third kappa shape index (κ3) is 2.97. The highest BCUT2D eigenvalue weighted by molar-refractivity contribution is 6.33. The van der Waals surface area contributed by atoms with Gasteiger partial charge in [-0.3, -0.25) is 0 Å². The molecule has 18 heavy (non-hydrogen) atoms. The van der Waals surface area contributed by atoms with Crippen LogP contribution in [0.5, 0.6) is 0 Å². The van der Waals surface area contributed by atoms with Gasteiger partial charge in [-0.2, -0.15) is 0 Å². The van der Waals surface area contributed by atoms with Crippen molar-refractivity contribution in [2.24, 2.45) is 5.73 Å². The maximum Gasteiger partial charge on any atom is 0.0637 e. The van der Waals surface area contributed by atoms with Crippen LogP contribution in [-0.4, -0.2) is 24.3 Å². The van der Waals surface area contributed by atoms with E-state index in [9.17, 15) is 0 Å². The molecule has 0 aromatic heterocycles. The van der Waals surface area contributed by atoms with Crippen LogP contribution in [0, 0.1) is 0 Å². The lowest BCUT2D eigenvalue weighted by atomic mass is 9.84. The van der Waals surface area contributed by atoms with Gasteiger partial charge in [0.15, 0.2) is 0 Å². The molecule has 0 amide bonds. The quantitative estimate of drug-likeness (QED) is 0.886. The molecule has 2 rings (SSSR count). The maximum atomic E-state index is 6.20. The highest BCUT2D eigenvalue weighted by atomic mass is 35.5. The number of ether oxygens (including phenoxy) is 1. The second kappa shape index (κ2) is 5.47. The van der Waals surface area contributed by atoms with Gasteiger partial charge in [0.2, 0.25) is 0 Å². The van der Waals surface area contributed by atoms with Crippen molar-refractivity contribution in [2.75, 3.05) is 11.9 Å². The van der Waals surface area contributed by atoms with E-state index in [1.165, 1.54) is 0 Å². The molecule has 1 aromatic rings. The Morgan fingerprint density at radius 3 is 2.50 bits per heavy atom. The average molecular weight is 269 g/mol. The molecule has 1 saturated heterocycles. The molecule has 1 aliphatic heterocycles. The van der Waals surface area contributed by atoms with Gasteiger partial charge in [-0.25, -0.2) is 0 Å². The Hall–Kier alpha value is -0.770. The molecule has 0 aliphatic carbocycles. The van der Waals surface area contributed by atoms with Crippen LogP contribution in [0.2, 0.25) is 5.02 Å². The summed E-state index contributed by atoms with van der Waals surface area (Å²) in [6.45, 7) is 4.76. The molecule has 1 heterocycles. The van der Waals surface area contributed by atoms with Crippen LogP contribution in [0.4, 0.5) is 5.69 Å². The van der Waals surface area contributed by atoms with E-state index < -0.39 is 0 Å². The zero-order valence-electron chi connectivity index (χ0n) is 10.9. The molecule has 0 saturated carbocycles. The molecule has 1 aliphatic rings. The zero-order chi connectivity index (χ0) is 13.2. The van der Waals surface area contributed by atoms with Gasteiger partial charge in [0.05, 0.1) is 28.5 Å². The van der Waals surface area contributed by atoms with E-state index in [2.05, 4.69) is 19.2 Å². The minimum atomic E-state index is -0.123. The normalized spacial score (nSPS) is 32.2. The molecule has 100 valence electrons. The lowest BCUT2D eigenvalue weighted by molar-refractivity contribution is -0.0536. The number of anilines is 1. The van der Waals surface area contributed by atoms with Crippen molar-refractivity contribution in [3.05, 3.63) is 29.3 Å². The van der Waals surface area contributed by atoms with Crippen molar-refractivity contribution in [3.63, 3.8) is 0 Å². The predicted molar refractivity (Wildman–Crippen MR) is 76.1 cm³/mol. The maximum absolute atomic E-state index is 6.20. The number of benzene rings is 1. The van der Waals surface area contributed by atoms with Crippen LogP contribution in [0.15, 0.2) is 24.3 Å². The largest absolute Gasteiger partial charge is 0.377 e. The molecule has 3 N–H and O–H groups in total. The van der Waals surface area contributed by atoms with Gasteiger partial charge in [-0.1, -0.05) is 23.7 Å². The predicted octanol–water partition coefficient (Wildman–Crippen LogP) is 3.04. The summed E-state index contributed by atoms with van der Waals surface area (Å²) >= 11 is 6.20. The van der Waals surface area contributed by atoms with Gasteiger partial charge < -0.3 is 15.8 Å². The van der Waals surface area contributed by atoms with Crippen LogP contribution < -0.4 is 11.1 Å². The molecular formula is C14H21ClN2O. The molecule has 2 atom stereocenters. The van der Waals surface area contributed by atoms with Gasteiger partial charge in [0.1, 0.15) is 0 Å². The van der Waals surface area contributed by atoms with E-state index in [-0.39, 0.29) is 17.7 Å². The average Bonchev–Trinajstić information content (AvgIpc) is 2.31. The van der Waals surface area contributed by atoms with Crippen LogP contribution in [0.25, 0.3) is 0 Å². The smallest absolute Gasteiger partial charge is 0.0637 e. The molecule has 1 fully saturated rings. The Labute approximate surface area is 114 Å². The fourth-order valence-corrected chi connectivity index (χ4v) is 3.03. The minimum Gasteiger partial charge on any atom is -0.377 e. The summed E-state index contributed by atoms with van der Waals surface area (Å²) in [6.07, 6.45) is 2.23. The Balaban J connectivity index is 2.20. The van der Waals surface area contributed by atoms with Crippen molar-refractivity contribution in [2.45, 2.75) is 44.4 Å². The van der Waals surface area contributed by atoms with E-state index in [1.807, 2.05) is 24.3 Å². The summed E-state index contributed by atoms with van der Waals surface area (Å²) < 4.78 is 5.78. The first-order valence-corrected chi connectivity index (χ1v) is 6.81. The summed E-state index contributed by atoms with van der Waals surface area (Å²) in [5.41, 5.74) is 6.83. The monoisotopic (exact) mass is 268 g/mol. The minimum absolute atomic E-state index is 0.123. The summed E-state index contributed by atoms with van der Waals surface area (Å²) in [7, 11) is 0. The summed E-state index contributed by atoms with van der Waals surface area (Å²) in [5, 5.41) is 4.27. The third-order valence-electron chi connectivity index (χ3n) is 3.49. The van der Waals surface area contributed by atoms with Crippen LogP contribution in [0.1, 0.15) is 26.7 Å². The second-order valence-corrected chi connectivity index (χ2v) is 5.66. The highest BCUT2D eigenvalue weighted by Crippen LogP contribution is 2.33. The number of para-hydroxylation sites is 1. The van der Waals surface area contributed by atoms with Crippen LogP contribution in [-0.2, 0) is 4.74 Å². The van der Waals surface area contributed by atoms with Crippen molar-refractivity contribution >= 4 is 17.3 Å². The molecule has 0 spiro atoms. The van der Waals surface area contributed by atoms with Gasteiger partial charge in [-0.05, 0) is 38.8 Å². The van der Waals surface area contributed by atoms with E-state index in [4.69, 9.17) is 22.1 Å². The standard InChI is InChI=1S/C14H21ClN2O/c1-10-7-14(9-16,8-11(2)18-10)17-13-6-4-3-5-12(13)15/h3-6,10-11,17H,7-9,16H2,1-2H3. The van der Waals surface area contributed by atoms with Crippen LogP contribution in [0.3, 0.4) is 0 Å². The molecule has 0 radical (unpaired) electrons. The number of rotatable bonds is 3. The second-order valence-electron chi connectivity index (χ2n) is 5.25. The van der Waals surface area contributed by atoms with Gasteiger partial charge >= 0.3 is 0 Å². The highest BCUT2D eigenvalue weighted by Gasteiger charge is 2.37. The van der Waals surface area contributed by atoms with Crippen molar-refractivity contribution in [3.8, 4) is 0 Å². The number of hydrogen-bond donors (Lipinski definition) is 2. The SMILES string of the molecule is CC1CC(CN)(Nc2ccccc2Cl)CC(C)O1. The molecule has 3 nitrogen and oxygen atoms in total. The van der Waals surface area contributed by atoms with Gasteiger partial charge in [-0.15, -0.1) is 0 Å². The zero-order valence-corrected chi connectivity index (χ0v) is 11.7. The first kappa shape index (κ1) is 13.7. The molecular weight excluding hydrogens is 248 g/mol. The number of halogens is 1.